The zero-order chi connectivity index (χ0) is 17.8. The van der Waals surface area contributed by atoms with Gasteiger partial charge in [0.1, 0.15) is 5.78 Å². The molecule has 0 amide bonds. The van der Waals surface area contributed by atoms with Crippen molar-refractivity contribution in [2.24, 2.45) is 40.9 Å². The van der Waals surface area contributed by atoms with Crippen molar-refractivity contribution in [1.29, 1.82) is 0 Å². The summed E-state index contributed by atoms with van der Waals surface area (Å²) in [7, 11) is 0. The SMILES string of the molecule is CCC[C@@]1(O)CCC2C(CCC3C2CCC2(C)C(C(C)=O)CCC32)C1. The molecule has 4 fully saturated rings. The van der Waals surface area contributed by atoms with Crippen LogP contribution in [0.5, 0.6) is 0 Å². The van der Waals surface area contributed by atoms with Crippen LogP contribution in [-0.2, 0) is 4.79 Å². The minimum atomic E-state index is -0.362. The first-order chi connectivity index (χ1) is 11.9. The Morgan fingerprint density at radius 1 is 1.00 bits per heavy atom. The van der Waals surface area contributed by atoms with E-state index in [-0.39, 0.29) is 11.0 Å². The highest BCUT2D eigenvalue weighted by atomic mass is 16.3. The predicted molar refractivity (Wildman–Crippen MR) is 101 cm³/mol. The number of rotatable bonds is 3. The number of hydrogen-bond donors (Lipinski definition) is 1. The van der Waals surface area contributed by atoms with Gasteiger partial charge in [0.15, 0.2) is 0 Å². The molecule has 0 aromatic carbocycles. The Labute approximate surface area is 154 Å². The number of aliphatic hydroxyl groups is 1. The molecule has 1 N–H and O–H groups in total. The summed E-state index contributed by atoms with van der Waals surface area (Å²) in [5.41, 5.74) is -0.0729. The minimum Gasteiger partial charge on any atom is -0.390 e. The van der Waals surface area contributed by atoms with E-state index < -0.39 is 0 Å². The van der Waals surface area contributed by atoms with E-state index in [9.17, 15) is 9.90 Å². The highest BCUT2D eigenvalue weighted by molar-refractivity contribution is 5.79. The fourth-order valence-corrected chi connectivity index (χ4v) is 8.32. The predicted octanol–water partition coefficient (Wildman–Crippen LogP) is 5.38. The fraction of sp³-hybridized carbons (Fsp3) is 0.957. The van der Waals surface area contributed by atoms with Gasteiger partial charge in [0.2, 0.25) is 0 Å². The minimum absolute atomic E-state index is 0.289. The van der Waals surface area contributed by atoms with Crippen LogP contribution in [0.25, 0.3) is 0 Å². The van der Waals surface area contributed by atoms with Gasteiger partial charge in [0.25, 0.3) is 0 Å². The van der Waals surface area contributed by atoms with Crippen LogP contribution in [0.2, 0.25) is 0 Å². The van der Waals surface area contributed by atoms with Gasteiger partial charge in [-0.15, -0.1) is 0 Å². The van der Waals surface area contributed by atoms with Gasteiger partial charge in [-0.2, -0.15) is 0 Å². The second-order valence-electron chi connectivity index (χ2n) is 10.4. The summed E-state index contributed by atoms with van der Waals surface area (Å²) in [4.78, 5) is 12.2. The maximum Gasteiger partial charge on any atom is 0.133 e. The Kier molecular flexibility index (Phi) is 4.58. The van der Waals surface area contributed by atoms with Gasteiger partial charge in [-0.3, -0.25) is 4.79 Å². The molecule has 0 saturated heterocycles. The fourth-order valence-electron chi connectivity index (χ4n) is 8.32. The van der Waals surface area contributed by atoms with Crippen LogP contribution >= 0.6 is 0 Å². The van der Waals surface area contributed by atoms with E-state index in [1.807, 2.05) is 6.92 Å². The standard InChI is InChI=1S/C23H38O2/c1-4-11-23(25)13-10-17-16(14-23)5-6-19-18(17)9-12-22(3)20(15(2)24)7-8-21(19)22/h16-21,25H,4-14H2,1-3H3/t16?,17?,18?,19?,20?,21?,22?,23-/m1/s1. The van der Waals surface area contributed by atoms with Crippen LogP contribution < -0.4 is 0 Å². The summed E-state index contributed by atoms with van der Waals surface area (Å²) in [6.07, 6.45) is 13.2. The summed E-state index contributed by atoms with van der Waals surface area (Å²) in [6.45, 7) is 6.48. The van der Waals surface area contributed by atoms with Gasteiger partial charge in [-0.25, -0.2) is 0 Å². The van der Waals surface area contributed by atoms with Gasteiger partial charge in [-0.05, 0) is 106 Å². The van der Waals surface area contributed by atoms with Crippen LogP contribution in [0, 0.1) is 40.9 Å². The van der Waals surface area contributed by atoms with Crippen molar-refractivity contribution >= 4 is 5.78 Å². The van der Waals surface area contributed by atoms with Gasteiger partial charge < -0.3 is 5.11 Å². The lowest BCUT2D eigenvalue weighted by Gasteiger charge is -2.57. The third-order valence-electron chi connectivity index (χ3n) is 9.31. The molecule has 2 heteroatoms. The number of Topliss-reactive ketones (excluding diaryl/α,β-unsaturated/α-hetero) is 1. The molecule has 0 radical (unpaired) electrons. The molecule has 0 heterocycles. The van der Waals surface area contributed by atoms with E-state index in [0.29, 0.717) is 11.7 Å². The first-order valence-electron chi connectivity index (χ1n) is 11.1. The number of carbonyl (C=O) groups excluding carboxylic acids is 1. The van der Waals surface area contributed by atoms with Crippen LogP contribution in [0.4, 0.5) is 0 Å². The lowest BCUT2D eigenvalue weighted by molar-refractivity contribution is -0.131. The molecule has 142 valence electrons. The highest BCUT2D eigenvalue weighted by Gasteiger charge is 2.58. The van der Waals surface area contributed by atoms with Crippen LogP contribution in [0.1, 0.15) is 91.4 Å². The number of ketones is 1. The van der Waals surface area contributed by atoms with E-state index >= 15 is 0 Å². The molecule has 7 unspecified atom stereocenters. The highest BCUT2D eigenvalue weighted by Crippen LogP contribution is 2.64. The Balaban J connectivity index is 1.51. The topological polar surface area (TPSA) is 37.3 Å². The monoisotopic (exact) mass is 346 g/mol. The van der Waals surface area contributed by atoms with Crippen molar-refractivity contribution in [3.8, 4) is 0 Å². The third kappa shape index (κ3) is 2.82. The van der Waals surface area contributed by atoms with E-state index in [4.69, 9.17) is 0 Å². The maximum absolute atomic E-state index is 12.2. The van der Waals surface area contributed by atoms with Crippen molar-refractivity contribution in [3.05, 3.63) is 0 Å². The molecular formula is C23H38O2. The third-order valence-corrected chi connectivity index (χ3v) is 9.31. The number of fused-ring (bicyclic) bond motifs is 5. The van der Waals surface area contributed by atoms with Gasteiger partial charge in [0, 0.05) is 5.92 Å². The molecule has 4 rings (SSSR count). The lowest BCUT2D eigenvalue weighted by atomic mass is 9.48. The van der Waals surface area contributed by atoms with E-state index in [2.05, 4.69) is 13.8 Å². The average molecular weight is 347 g/mol. The van der Waals surface area contributed by atoms with Gasteiger partial charge in [-0.1, -0.05) is 20.3 Å². The normalized spacial score (nSPS) is 52.2. The summed E-state index contributed by atoms with van der Waals surface area (Å²) < 4.78 is 0. The lowest BCUT2D eigenvalue weighted by Crippen LogP contribution is -2.51. The van der Waals surface area contributed by atoms with Gasteiger partial charge in [0.05, 0.1) is 5.60 Å². The van der Waals surface area contributed by atoms with Crippen molar-refractivity contribution in [3.63, 3.8) is 0 Å². The van der Waals surface area contributed by atoms with Crippen molar-refractivity contribution in [1.82, 2.24) is 0 Å². The smallest absolute Gasteiger partial charge is 0.133 e. The molecule has 4 saturated carbocycles. The Morgan fingerprint density at radius 2 is 1.76 bits per heavy atom. The second kappa shape index (κ2) is 6.36. The van der Waals surface area contributed by atoms with Crippen LogP contribution in [0.15, 0.2) is 0 Å². The van der Waals surface area contributed by atoms with Crippen molar-refractivity contribution in [2.75, 3.05) is 0 Å². The largest absolute Gasteiger partial charge is 0.390 e. The second-order valence-corrected chi connectivity index (χ2v) is 10.4. The summed E-state index contributed by atoms with van der Waals surface area (Å²) in [5.74, 6) is 4.93. The quantitative estimate of drug-likeness (QED) is 0.745. The number of hydrogen-bond acceptors (Lipinski definition) is 2. The van der Waals surface area contributed by atoms with Gasteiger partial charge >= 0.3 is 0 Å². The van der Waals surface area contributed by atoms with Crippen molar-refractivity contribution < 1.29 is 9.90 Å². The molecule has 0 bridgehead atoms. The molecule has 0 spiro atoms. The maximum atomic E-state index is 12.2. The first-order valence-corrected chi connectivity index (χ1v) is 11.1. The Morgan fingerprint density at radius 3 is 2.48 bits per heavy atom. The Bertz CT molecular complexity index is 528. The molecule has 2 nitrogen and oxygen atoms in total. The first kappa shape index (κ1) is 18.0. The Hall–Kier alpha value is -0.370. The molecule has 0 aliphatic heterocycles. The zero-order valence-electron chi connectivity index (χ0n) is 16.6. The van der Waals surface area contributed by atoms with E-state index in [0.717, 1.165) is 61.7 Å². The van der Waals surface area contributed by atoms with Crippen molar-refractivity contribution in [2.45, 2.75) is 97.0 Å². The summed E-state index contributed by atoms with van der Waals surface area (Å²) in [6, 6.07) is 0. The van der Waals surface area contributed by atoms with Crippen LogP contribution in [-0.4, -0.2) is 16.5 Å². The zero-order valence-corrected chi connectivity index (χ0v) is 16.6. The average Bonchev–Trinajstić information content (AvgIpc) is 2.91. The molecule has 0 aromatic rings. The molecule has 4 aliphatic carbocycles. The molecule has 0 aromatic heterocycles. The molecule has 8 atom stereocenters. The summed E-state index contributed by atoms with van der Waals surface area (Å²) >= 11 is 0. The molecule has 4 aliphatic rings. The molecule has 25 heavy (non-hydrogen) atoms. The van der Waals surface area contributed by atoms with E-state index in [1.54, 1.807) is 0 Å². The number of carbonyl (C=O) groups is 1. The summed E-state index contributed by atoms with van der Waals surface area (Å²) in [5, 5.41) is 11.0. The van der Waals surface area contributed by atoms with Crippen LogP contribution in [0.3, 0.4) is 0 Å². The van der Waals surface area contributed by atoms with E-state index in [1.165, 1.54) is 38.5 Å². The molecular weight excluding hydrogens is 308 g/mol.